The summed E-state index contributed by atoms with van der Waals surface area (Å²) in [6.45, 7) is 2.83. The summed E-state index contributed by atoms with van der Waals surface area (Å²) in [5.74, 6) is 0.0776. The van der Waals surface area contributed by atoms with Crippen molar-refractivity contribution >= 4 is 23.4 Å². The number of rotatable bonds is 4. The molecule has 1 fully saturated rings. The third kappa shape index (κ3) is 3.67. The minimum Gasteiger partial charge on any atom is -0.347 e. The molecule has 120 valence electrons. The zero-order valence-electron chi connectivity index (χ0n) is 12.6. The molecule has 1 aliphatic carbocycles. The number of hydrogen-bond acceptors (Lipinski definition) is 3. The van der Waals surface area contributed by atoms with E-state index < -0.39 is 5.79 Å². The molecule has 2 aliphatic rings. The highest BCUT2D eigenvalue weighted by molar-refractivity contribution is 8.02. The molecule has 0 amide bonds. The van der Waals surface area contributed by atoms with Crippen LogP contribution in [0.1, 0.15) is 38.2 Å². The first kappa shape index (κ1) is 16.3. The van der Waals surface area contributed by atoms with Crippen molar-refractivity contribution < 1.29 is 13.9 Å². The molecule has 5 heteroatoms. The average Bonchev–Trinajstić information content (AvgIpc) is 2.91. The Bertz CT molecular complexity index is 578. The van der Waals surface area contributed by atoms with E-state index in [2.05, 4.69) is 13.0 Å². The molecule has 0 radical (unpaired) electrons. The van der Waals surface area contributed by atoms with Crippen molar-refractivity contribution in [2.24, 2.45) is 0 Å². The van der Waals surface area contributed by atoms with Crippen LogP contribution >= 0.6 is 23.4 Å². The normalized spacial score (nSPS) is 28.1. The molecule has 0 saturated carbocycles. The Morgan fingerprint density at radius 3 is 2.95 bits per heavy atom. The lowest BCUT2D eigenvalue weighted by molar-refractivity contribution is -0.172. The van der Waals surface area contributed by atoms with Gasteiger partial charge in [0, 0.05) is 23.6 Å². The van der Waals surface area contributed by atoms with Crippen molar-refractivity contribution in [3.05, 3.63) is 45.6 Å². The van der Waals surface area contributed by atoms with Crippen LogP contribution in [0.4, 0.5) is 4.39 Å². The predicted molar refractivity (Wildman–Crippen MR) is 88.5 cm³/mol. The topological polar surface area (TPSA) is 18.5 Å². The lowest BCUT2D eigenvalue weighted by Crippen LogP contribution is -2.32. The van der Waals surface area contributed by atoms with E-state index in [1.54, 1.807) is 17.8 Å². The fraction of sp³-hybridized carbons (Fsp3) is 0.529. The summed E-state index contributed by atoms with van der Waals surface area (Å²) in [5, 5.41) is 0.494. The van der Waals surface area contributed by atoms with Crippen LogP contribution in [-0.4, -0.2) is 18.5 Å². The van der Waals surface area contributed by atoms with Crippen molar-refractivity contribution in [1.82, 2.24) is 0 Å². The second kappa shape index (κ2) is 6.91. The van der Waals surface area contributed by atoms with E-state index in [1.165, 1.54) is 17.0 Å². The standard InChI is InChI=1S/C17H20ClFO2S/c1-2-14-10-20-17(21-14)7-5-15(6-8-17)22-11-12-3-4-13(19)9-16(12)18/h3-5,9,14H,2,6-8,10-11H2,1H3. The second-order valence-corrected chi connectivity index (χ2v) is 7.28. The van der Waals surface area contributed by atoms with Gasteiger partial charge in [-0.15, -0.1) is 11.8 Å². The summed E-state index contributed by atoms with van der Waals surface area (Å²) in [6.07, 6.45) is 6.11. The lowest BCUT2D eigenvalue weighted by Gasteiger charge is -2.31. The number of ether oxygens (including phenoxy) is 2. The first-order valence-electron chi connectivity index (χ1n) is 7.68. The Kier molecular flexibility index (Phi) is 5.13. The highest BCUT2D eigenvalue weighted by atomic mass is 35.5. The largest absolute Gasteiger partial charge is 0.347 e. The molecule has 0 N–H and O–H groups in total. The average molecular weight is 343 g/mol. The molecule has 1 aromatic rings. The van der Waals surface area contributed by atoms with Gasteiger partial charge in [0.2, 0.25) is 0 Å². The van der Waals surface area contributed by atoms with Gasteiger partial charge in [0.25, 0.3) is 0 Å². The highest BCUT2D eigenvalue weighted by Gasteiger charge is 2.41. The van der Waals surface area contributed by atoms with Gasteiger partial charge in [0.05, 0.1) is 12.7 Å². The molecule has 2 unspecified atom stereocenters. The van der Waals surface area contributed by atoms with E-state index in [1.807, 2.05) is 0 Å². The Labute approximate surface area is 140 Å². The first-order valence-corrected chi connectivity index (χ1v) is 9.04. The maximum Gasteiger partial charge on any atom is 0.172 e. The summed E-state index contributed by atoms with van der Waals surface area (Å²) in [5.41, 5.74) is 0.966. The van der Waals surface area contributed by atoms with Gasteiger partial charge >= 0.3 is 0 Å². The number of allylic oxidation sites excluding steroid dienone is 1. The molecule has 1 aromatic carbocycles. The van der Waals surface area contributed by atoms with Crippen LogP contribution in [0.15, 0.2) is 29.2 Å². The summed E-state index contributed by atoms with van der Waals surface area (Å²) < 4.78 is 25.0. The molecule has 1 heterocycles. The van der Waals surface area contributed by atoms with Crippen LogP contribution in [0, 0.1) is 5.82 Å². The predicted octanol–water partition coefficient (Wildman–Crippen LogP) is 5.30. The van der Waals surface area contributed by atoms with Crippen LogP contribution in [0.5, 0.6) is 0 Å². The molecule has 1 spiro atoms. The van der Waals surface area contributed by atoms with E-state index in [4.69, 9.17) is 21.1 Å². The highest BCUT2D eigenvalue weighted by Crippen LogP contribution is 2.41. The third-order valence-electron chi connectivity index (χ3n) is 4.19. The minimum absolute atomic E-state index is 0.237. The van der Waals surface area contributed by atoms with E-state index >= 15 is 0 Å². The zero-order valence-corrected chi connectivity index (χ0v) is 14.2. The van der Waals surface area contributed by atoms with Gasteiger partial charge in [0.1, 0.15) is 5.82 Å². The van der Waals surface area contributed by atoms with Gasteiger partial charge in [0.15, 0.2) is 5.79 Å². The molecule has 22 heavy (non-hydrogen) atoms. The van der Waals surface area contributed by atoms with Crippen LogP contribution in [0.3, 0.4) is 0 Å². The van der Waals surface area contributed by atoms with Gasteiger partial charge in [-0.1, -0.05) is 30.7 Å². The van der Waals surface area contributed by atoms with Crippen LogP contribution < -0.4 is 0 Å². The monoisotopic (exact) mass is 342 g/mol. The number of thioether (sulfide) groups is 1. The van der Waals surface area contributed by atoms with Gasteiger partial charge in [-0.25, -0.2) is 4.39 Å². The maximum atomic E-state index is 13.0. The van der Waals surface area contributed by atoms with Gasteiger partial charge in [-0.2, -0.15) is 0 Å². The molecule has 3 rings (SSSR count). The molecule has 2 atom stereocenters. The number of benzene rings is 1. The SMILES string of the molecule is CCC1COC2(CC=C(SCc3ccc(F)cc3Cl)CC2)O1. The Balaban J connectivity index is 1.56. The summed E-state index contributed by atoms with van der Waals surface area (Å²) >= 11 is 7.83. The molecular formula is C17H20ClFO2S. The fourth-order valence-electron chi connectivity index (χ4n) is 2.78. The van der Waals surface area contributed by atoms with Gasteiger partial charge in [-0.05, 0) is 35.4 Å². The van der Waals surface area contributed by atoms with Gasteiger partial charge in [-0.3, -0.25) is 0 Å². The molecule has 0 bridgehead atoms. The number of hydrogen-bond donors (Lipinski definition) is 0. The Hall–Kier alpha value is -0.550. The molecular weight excluding hydrogens is 323 g/mol. The zero-order chi connectivity index (χ0) is 15.6. The van der Waals surface area contributed by atoms with E-state index in [0.29, 0.717) is 11.6 Å². The quantitative estimate of drug-likeness (QED) is 0.739. The van der Waals surface area contributed by atoms with E-state index in [-0.39, 0.29) is 11.9 Å². The third-order valence-corrected chi connectivity index (χ3v) is 5.74. The van der Waals surface area contributed by atoms with Crippen molar-refractivity contribution in [3.63, 3.8) is 0 Å². The van der Waals surface area contributed by atoms with Crippen LogP contribution in [-0.2, 0) is 15.2 Å². The van der Waals surface area contributed by atoms with Crippen molar-refractivity contribution in [2.45, 2.75) is 50.3 Å². The Morgan fingerprint density at radius 1 is 1.45 bits per heavy atom. The minimum atomic E-state index is -0.391. The first-order chi connectivity index (χ1) is 10.6. The van der Waals surface area contributed by atoms with Gasteiger partial charge < -0.3 is 9.47 Å². The second-order valence-electron chi connectivity index (χ2n) is 5.77. The lowest BCUT2D eigenvalue weighted by atomic mass is 10.0. The van der Waals surface area contributed by atoms with Crippen LogP contribution in [0.25, 0.3) is 0 Å². The summed E-state index contributed by atoms with van der Waals surface area (Å²) in [4.78, 5) is 1.33. The molecule has 1 saturated heterocycles. The summed E-state index contributed by atoms with van der Waals surface area (Å²) in [6, 6.07) is 4.58. The maximum absolute atomic E-state index is 13.0. The Morgan fingerprint density at radius 2 is 2.32 bits per heavy atom. The van der Waals surface area contributed by atoms with Crippen LogP contribution in [0.2, 0.25) is 5.02 Å². The van der Waals surface area contributed by atoms with E-state index in [0.717, 1.165) is 37.0 Å². The van der Waals surface area contributed by atoms with Crippen molar-refractivity contribution in [3.8, 4) is 0 Å². The molecule has 2 nitrogen and oxygen atoms in total. The van der Waals surface area contributed by atoms with Crippen molar-refractivity contribution in [1.29, 1.82) is 0 Å². The number of halogens is 2. The summed E-state index contributed by atoms with van der Waals surface area (Å²) in [7, 11) is 0. The smallest absolute Gasteiger partial charge is 0.172 e. The molecule has 0 aromatic heterocycles. The van der Waals surface area contributed by atoms with Crippen molar-refractivity contribution in [2.75, 3.05) is 6.61 Å². The fourth-order valence-corrected chi connectivity index (χ4v) is 4.14. The van der Waals surface area contributed by atoms with E-state index in [9.17, 15) is 4.39 Å². The molecule has 1 aliphatic heterocycles.